The van der Waals surface area contributed by atoms with Crippen LogP contribution in [0.1, 0.15) is 46.0 Å². The number of carbonyl (C=O) groups excluding carboxylic acids is 5. The van der Waals surface area contributed by atoms with Crippen LogP contribution < -0.4 is 25.0 Å². The number of thioether (sulfide) groups is 1. The van der Waals surface area contributed by atoms with Gasteiger partial charge in [-0.1, -0.05) is 36.4 Å². The first-order valence-electron chi connectivity index (χ1n) is 15.3. The summed E-state index contributed by atoms with van der Waals surface area (Å²) in [7, 11) is -2.87. The van der Waals surface area contributed by atoms with Crippen LogP contribution in [-0.2, 0) is 33.3 Å². The summed E-state index contributed by atoms with van der Waals surface area (Å²) >= 11 is 1.51. The molecule has 256 valence electrons. The van der Waals surface area contributed by atoms with Gasteiger partial charge in [0.25, 0.3) is 0 Å². The molecule has 3 N–H and O–H groups in total. The lowest BCUT2D eigenvalue weighted by Gasteiger charge is -2.31. The monoisotopic (exact) mass is 690 g/mol. The van der Waals surface area contributed by atoms with E-state index in [0.29, 0.717) is 30.1 Å². The van der Waals surface area contributed by atoms with Crippen molar-refractivity contribution in [2.75, 3.05) is 25.7 Å². The molecule has 2 aromatic rings. The van der Waals surface area contributed by atoms with Gasteiger partial charge >= 0.3 is 13.6 Å². The summed E-state index contributed by atoms with van der Waals surface area (Å²) in [5.41, 5.74) is 0. The Hall–Kier alpha value is -4.03. The molecule has 1 fully saturated rings. The predicted molar refractivity (Wildman–Crippen MR) is 178 cm³/mol. The minimum absolute atomic E-state index is 0.131. The van der Waals surface area contributed by atoms with Gasteiger partial charge in [0.1, 0.15) is 29.6 Å². The van der Waals surface area contributed by atoms with E-state index >= 15 is 0 Å². The zero-order valence-electron chi connectivity index (χ0n) is 27.0. The van der Waals surface area contributed by atoms with Gasteiger partial charge in [0, 0.05) is 13.0 Å². The zero-order valence-corrected chi connectivity index (χ0v) is 28.7. The Morgan fingerprint density at radius 2 is 1.49 bits per heavy atom. The maximum absolute atomic E-state index is 14.5. The molecule has 0 aromatic heterocycles. The number of amides is 4. The van der Waals surface area contributed by atoms with Crippen LogP contribution in [0, 0.1) is 0 Å². The van der Waals surface area contributed by atoms with Crippen molar-refractivity contribution >= 4 is 49.0 Å². The van der Waals surface area contributed by atoms with E-state index in [1.54, 1.807) is 60.7 Å². The van der Waals surface area contributed by atoms with Gasteiger partial charge < -0.3 is 34.6 Å². The van der Waals surface area contributed by atoms with Gasteiger partial charge in [-0.2, -0.15) is 11.8 Å². The number of methoxy groups -OCH3 is 1. The van der Waals surface area contributed by atoms with Crippen molar-refractivity contribution in [3.63, 3.8) is 0 Å². The van der Waals surface area contributed by atoms with Gasteiger partial charge in [-0.25, -0.2) is 4.57 Å². The molecule has 4 amide bonds. The maximum atomic E-state index is 14.5. The lowest BCUT2D eigenvalue weighted by atomic mass is 10.1. The van der Waals surface area contributed by atoms with Crippen molar-refractivity contribution < 1.29 is 42.3 Å². The quantitative estimate of drug-likeness (QED) is 0.165. The SMILES string of the molecule is COC(=O)CCC(=O)N[C@@H](C)C(=O)N[C@@H](C)C(=O)N1CCC[C@H]1C(=O)N[C@@H](CCSC)P(=O)(Oc1ccccc1)Oc1ccccc1. The number of ether oxygens (including phenoxy) is 1. The fourth-order valence-corrected chi connectivity index (χ4v) is 7.35. The number of likely N-dealkylation sites (tertiary alicyclic amines) is 1. The molecule has 1 aliphatic rings. The first kappa shape index (κ1) is 37.4. The van der Waals surface area contributed by atoms with Crippen LogP contribution in [0.5, 0.6) is 11.5 Å². The van der Waals surface area contributed by atoms with E-state index in [-0.39, 0.29) is 25.8 Å². The summed E-state index contributed by atoms with van der Waals surface area (Å²) in [6.45, 7) is 3.23. The highest BCUT2D eigenvalue weighted by Gasteiger charge is 2.44. The number of para-hydroxylation sites is 2. The predicted octanol–water partition coefficient (Wildman–Crippen LogP) is 3.49. The molecule has 3 rings (SSSR count). The molecule has 1 heterocycles. The van der Waals surface area contributed by atoms with Crippen LogP contribution in [0.3, 0.4) is 0 Å². The normalized spacial score (nSPS) is 16.3. The topological polar surface area (TPSA) is 169 Å². The van der Waals surface area contributed by atoms with E-state index in [9.17, 15) is 28.5 Å². The van der Waals surface area contributed by atoms with Gasteiger partial charge in [-0.05, 0) is 69.4 Å². The largest absolute Gasteiger partial charge is 0.469 e. The Kier molecular flexibility index (Phi) is 14.6. The van der Waals surface area contributed by atoms with Crippen molar-refractivity contribution in [2.45, 2.75) is 69.9 Å². The highest BCUT2D eigenvalue weighted by atomic mass is 32.2. The van der Waals surface area contributed by atoms with Crippen LogP contribution >= 0.6 is 19.4 Å². The fraction of sp³-hybridized carbons (Fsp3) is 0.469. The van der Waals surface area contributed by atoms with Crippen molar-refractivity contribution in [3.8, 4) is 11.5 Å². The minimum Gasteiger partial charge on any atom is -0.469 e. The molecule has 0 spiro atoms. The summed E-state index contributed by atoms with van der Waals surface area (Å²) in [6.07, 6.45) is 2.78. The average Bonchev–Trinajstić information content (AvgIpc) is 3.56. The highest BCUT2D eigenvalue weighted by molar-refractivity contribution is 7.98. The number of hydrogen-bond acceptors (Lipinski definition) is 10. The Morgan fingerprint density at radius 1 is 0.894 bits per heavy atom. The third-order valence-corrected chi connectivity index (χ3v) is 10.1. The van der Waals surface area contributed by atoms with Crippen LogP contribution in [0.2, 0.25) is 0 Å². The second-order valence-electron chi connectivity index (χ2n) is 10.9. The number of esters is 1. The average molecular weight is 691 g/mol. The zero-order chi connectivity index (χ0) is 34.4. The Balaban J connectivity index is 1.71. The number of nitrogens with zero attached hydrogens (tertiary/aromatic N) is 1. The van der Waals surface area contributed by atoms with Crippen LogP contribution in [-0.4, -0.2) is 84.1 Å². The Labute approximate surface area is 279 Å². The van der Waals surface area contributed by atoms with E-state index in [4.69, 9.17) is 9.05 Å². The number of nitrogens with one attached hydrogen (secondary N) is 3. The number of carbonyl (C=O) groups is 5. The molecule has 0 radical (unpaired) electrons. The van der Waals surface area contributed by atoms with Crippen LogP contribution in [0.25, 0.3) is 0 Å². The molecule has 4 atom stereocenters. The molecule has 47 heavy (non-hydrogen) atoms. The lowest BCUT2D eigenvalue weighted by Crippen LogP contribution is -2.56. The van der Waals surface area contributed by atoms with Crippen molar-refractivity contribution in [2.24, 2.45) is 0 Å². The van der Waals surface area contributed by atoms with Crippen molar-refractivity contribution in [1.82, 2.24) is 20.9 Å². The maximum Gasteiger partial charge on any atom is 0.452 e. The summed E-state index contributed by atoms with van der Waals surface area (Å²) in [6, 6.07) is 14.3. The number of rotatable bonds is 17. The standard InChI is InChI=1S/C32H43N4O9PS/c1-22(33-27(37)17-18-29(38)43-3)30(39)34-23(2)32(41)36-20-11-16-26(36)31(40)35-28(19-21-47-4)46(42,44-24-12-7-5-8-13-24)45-25-14-9-6-10-15-25/h5-10,12-15,22-23,26,28H,11,16-21H2,1-4H3,(H,33,37)(H,34,39)(H,35,40)/t22-,23-,26-,28+/m0/s1. The molecule has 0 bridgehead atoms. The smallest absolute Gasteiger partial charge is 0.452 e. The molecule has 15 heteroatoms. The Morgan fingerprint density at radius 3 is 2.04 bits per heavy atom. The molecular weight excluding hydrogens is 647 g/mol. The van der Waals surface area contributed by atoms with Crippen molar-refractivity contribution in [1.29, 1.82) is 0 Å². The van der Waals surface area contributed by atoms with Gasteiger partial charge in [-0.15, -0.1) is 0 Å². The number of hydrogen-bond donors (Lipinski definition) is 3. The third kappa shape index (κ3) is 11.3. The molecule has 0 unspecified atom stereocenters. The highest BCUT2D eigenvalue weighted by Crippen LogP contribution is 2.53. The number of benzene rings is 2. The summed E-state index contributed by atoms with van der Waals surface area (Å²) in [4.78, 5) is 64.8. The molecule has 1 saturated heterocycles. The molecule has 13 nitrogen and oxygen atoms in total. The molecular formula is C32H43N4O9PS. The van der Waals surface area contributed by atoms with E-state index in [2.05, 4.69) is 20.7 Å². The van der Waals surface area contributed by atoms with Gasteiger partial charge in [0.2, 0.25) is 23.6 Å². The molecule has 0 aliphatic carbocycles. The van der Waals surface area contributed by atoms with E-state index in [0.717, 1.165) is 0 Å². The first-order valence-corrected chi connectivity index (χ1v) is 18.3. The molecule has 1 aliphatic heterocycles. The van der Waals surface area contributed by atoms with Crippen molar-refractivity contribution in [3.05, 3.63) is 60.7 Å². The molecule has 2 aromatic carbocycles. The van der Waals surface area contributed by atoms with Crippen LogP contribution in [0.4, 0.5) is 0 Å². The third-order valence-electron chi connectivity index (χ3n) is 7.36. The Bertz CT molecular complexity index is 1370. The fourth-order valence-electron chi connectivity index (χ4n) is 4.85. The summed E-state index contributed by atoms with van der Waals surface area (Å²) in [5.74, 6) is -2.55. The minimum atomic E-state index is -4.08. The summed E-state index contributed by atoms with van der Waals surface area (Å²) < 4.78 is 31.0. The lowest BCUT2D eigenvalue weighted by molar-refractivity contribution is -0.142. The first-order chi connectivity index (χ1) is 22.5. The summed E-state index contributed by atoms with van der Waals surface area (Å²) in [5, 5.41) is 7.95. The van der Waals surface area contributed by atoms with Gasteiger partial charge in [-0.3, -0.25) is 24.0 Å². The van der Waals surface area contributed by atoms with Gasteiger partial charge in [0.05, 0.1) is 13.5 Å². The second-order valence-corrected chi connectivity index (χ2v) is 14.0. The second kappa shape index (κ2) is 18.3. The molecule has 0 saturated carbocycles. The van der Waals surface area contributed by atoms with E-state index in [1.807, 2.05) is 6.26 Å². The van der Waals surface area contributed by atoms with Crippen LogP contribution in [0.15, 0.2) is 60.7 Å². The van der Waals surface area contributed by atoms with E-state index in [1.165, 1.54) is 37.6 Å². The van der Waals surface area contributed by atoms with Gasteiger partial charge in [0.15, 0.2) is 5.78 Å². The van der Waals surface area contributed by atoms with E-state index < -0.39 is 61.1 Å².